The fourth-order valence-electron chi connectivity index (χ4n) is 3.72. The van der Waals surface area contributed by atoms with Gasteiger partial charge in [0, 0.05) is 44.8 Å². The van der Waals surface area contributed by atoms with E-state index in [1.165, 1.54) is 41.1 Å². The molecule has 1 aliphatic rings. The molecule has 1 aliphatic heterocycles. The predicted molar refractivity (Wildman–Crippen MR) is 108 cm³/mol. The molecule has 9 heteroatoms. The summed E-state index contributed by atoms with van der Waals surface area (Å²) in [6, 6.07) is 12.1. The van der Waals surface area contributed by atoms with E-state index in [-0.39, 0.29) is 41.7 Å². The lowest BCUT2D eigenvalue weighted by Crippen LogP contribution is -2.36. The summed E-state index contributed by atoms with van der Waals surface area (Å²) >= 11 is 0. The van der Waals surface area contributed by atoms with Crippen LogP contribution in [0.15, 0.2) is 66.1 Å². The van der Waals surface area contributed by atoms with Gasteiger partial charge in [-0.05, 0) is 35.4 Å². The van der Waals surface area contributed by atoms with Crippen LogP contribution in [-0.4, -0.2) is 41.4 Å². The molecule has 4 rings (SSSR count). The number of hydrogen-bond acceptors (Lipinski definition) is 4. The first-order valence-corrected chi connectivity index (χ1v) is 11.0. The molecule has 2 atom stereocenters. The van der Waals surface area contributed by atoms with Crippen LogP contribution in [0.2, 0.25) is 0 Å². The molecule has 0 unspecified atom stereocenters. The molecule has 0 radical (unpaired) electrons. The molecule has 6 nitrogen and oxygen atoms in total. The molecule has 2 aromatic carbocycles. The second-order valence-corrected chi connectivity index (χ2v) is 9.36. The number of aromatic nitrogens is 2. The minimum atomic E-state index is -3.75. The van der Waals surface area contributed by atoms with Gasteiger partial charge in [-0.25, -0.2) is 22.2 Å². The number of hydrogen-bond donors (Lipinski definition) is 1. The number of sulfonamides is 1. The first-order chi connectivity index (χ1) is 14.3. The van der Waals surface area contributed by atoms with Crippen LogP contribution >= 0.6 is 0 Å². The van der Waals surface area contributed by atoms with Crippen molar-refractivity contribution in [3.8, 4) is 0 Å². The van der Waals surface area contributed by atoms with Crippen LogP contribution in [0, 0.1) is 11.6 Å². The molecule has 3 aromatic rings. The van der Waals surface area contributed by atoms with Gasteiger partial charge in [0.05, 0.1) is 6.33 Å². The molecular weight excluding hydrogens is 410 g/mol. The van der Waals surface area contributed by atoms with E-state index in [1.807, 2.05) is 0 Å². The molecule has 1 fully saturated rings. The van der Waals surface area contributed by atoms with Gasteiger partial charge in [-0.2, -0.15) is 4.31 Å². The summed E-state index contributed by atoms with van der Waals surface area (Å²) in [7, 11) is -2.04. The van der Waals surface area contributed by atoms with Crippen LogP contribution < -0.4 is 5.32 Å². The van der Waals surface area contributed by atoms with E-state index < -0.39 is 10.0 Å². The highest BCUT2D eigenvalue weighted by molar-refractivity contribution is 7.89. The number of benzene rings is 2. The van der Waals surface area contributed by atoms with Gasteiger partial charge < -0.3 is 9.88 Å². The van der Waals surface area contributed by atoms with Crippen molar-refractivity contribution < 1.29 is 17.2 Å². The lowest BCUT2D eigenvalue weighted by Gasteiger charge is -2.20. The quantitative estimate of drug-likeness (QED) is 0.650. The lowest BCUT2D eigenvalue weighted by atomic mass is 9.94. The third-order valence-electron chi connectivity index (χ3n) is 5.35. The second-order valence-electron chi connectivity index (χ2n) is 7.47. The average Bonchev–Trinajstić information content (AvgIpc) is 3.35. The van der Waals surface area contributed by atoms with Gasteiger partial charge in [-0.15, -0.1) is 0 Å². The monoisotopic (exact) mass is 432 g/mol. The van der Waals surface area contributed by atoms with E-state index in [4.69, 9.17) is 0 Å². The number of aryl methyl sites for hydroxylation is 1. The summed E-state index contributed by atoms with van der Waals surface area (Å²) in [5.41, 5.74) is 1.74. The minimum Gasteiger partial charge on any atom is -0.339 e. The summed E-state index contributed by atoms with van der Waals surface area (Å²) < 4.78 is 55.7. The van der Waals surface area contributed by atoms with Crippen molar-refractivity contribution >= 4 is 10.0 Å². The number of nitrogens with zero attached hydrogens (tertiary/aromatic N) is 3. The summed E-state index contributed by atoms with van der Waals surface area (Å²) in [4.78, 5) is 4.00. The second kappa shape index (κ2) is 8.25. The van der Waals surface area contributed by atoms with Gasteiger partial charge in [0.2, 0.25) is 0 Å². The van der Waals surface area contributed by atoms with Crippen LogP contribution in [0.25, 0.3) is 0 Å². The number of halogens is 2. The Labute approximate surface area is 174 Å². The highest BCUT2D eigenvalue weighted by atomic mass is 32.2. The van der Waals surface area contributed by atoms with E-state index in [9.17, 15) is 17.2 Å². The fraction of sp³-hybridized carbons (Fsp3) is 0.286. The van der Waals surface area contributed by atoms with Crippen LogP contribution in [0.4, 0.5) is 8.78 Å². The van der Waals surface area contributed by atoms with E-state index in [0.717, 1.165) is 11.1 Å². The summed E-state index contributed by atoms with van der Waals surface area (Å²) in [5.74, 6) is -0.813. The van der Waals surface area contributed by atoms with E-state index >= 15 is 0 Å². The van der Waals surface area contributed by atoms with E-state index in [0.29, 0.717) is 6.54 Å². The van der Waals surface area contributed by atoms with Crippen molar-refractivity contribution in [2.24, 2.45) is 7.05 Å². The van der Waals surface area contributed by atoms with Crippen molar-refractivity contribution in [1.82, 2.24) is 19.2 Å². The Morgan fingerprint density at radius 2 is 1.67 bits per heavy atom. The zero-order chi connectivity index (χ0) is 21.3. The molecule has 0 aliphatic carbocycles. The van der Waals surface area contributed by atoms with Gasteiger partial charge in [-0.3, -0.25) is 0 Å². The first kappa shape index (κ1) is 20.6. The molecule has 0 amide bonds. The van der Waals surface area contributed by atoms with Crippen LogP contribution in [0.1, 0.15) is 17.0 Å². The normalized spacial score (nSPS) is 20.0. The van der Waals surface area contributed by atoms with Gasteiger partial charge in [0.25, 0.3) is 10.0 Å². The standard InChI is InChI=1S/C21H22F2N4O2S/c1-26-13-21(25-14-26)30(28,29)27-11-19(16-4-8-18(23)9-5-16)20(12-27)24-10-15-2-6-17(22)7-3-15/h2-9,13-14,19-20,24H,10-12H2,1H3/t19-,20+/m0/s1. The largest absolute Gasteiger partial charge is 0.339 e. The molecule has 1 saturated heterocycles. The van der Waals surface area contributed by atoms with Crippen LogP contribution in [-0.2, 0) is 23.6 Å². The van der Waals surface area contributed by atoms with Crippen molar-refractivity contribution in [2.45, 2.75) is 23.5 Å². The van der Waals surface area contributed by atoms with Gasteiger partial charge >= 0.3 is 0 Å². The average molecular weight is 432 g/mol. The Morgan fingerprint density at radius 3 is 2.27 bits per heavy atom. The van der Waals surface area contributed by atoms with Crippen molar-refractivity contribution in [2.75, 3.05) is 13.1 Å². The Balaban J connectivity index is 1.58. The Kier molecular flexibility index (Phi) is 5.68. The number of nitrogens with one attached hydrogen (secondary N) is 1. The Morgan fingerprint density at radius 1 is 1.03 bits per heavy atom. The molecule has 1 aromatic heterocycles. The zero-order valence-electron chi connectivity index (χ0n) is 16.4. The highest BCUT2D eigenvalue weighted by Gasteiger charge is 2.40. The summed E-state index contributed by atoms with van der Waals surface area (Å²) in [5, 5.41) is 3.39. The first-order valence-electron chi connectivity index (χ1n) is 9.54. The third kappa shape index (κ3) is 4.28. The van der Waals surface area contributed by atoms with Crippen LogP contribution in [0.5, 0.6) is 0 Å². The molecule has 158 valence electrons. The Hall–Kier alpha value is -2.62. The van der Waals surface area contributed by atoms with Gasteiger partial charge in [0.15, 0.2) is 5.03 Å². The summed E-state index contributed by atoms with van der Waals surface area (Å²) in [6.45, 7) is 0.966. The molecule has 1 N–H and O–H groups in total. The number of imidazole rings is 1. The zero-order valence-corrected chi connectivity index (χ0v) is 17.2. The third-order valence-corrected chi connectivity index (χ3v) is 7.07. The van der Waals surface area contributed by atoms with Crippen molar-refractivity contribution in [1.29, 1.82) is 0 Å². The molecule has 0 spiro atoms. The summed E-state index contributed by atoms with van der Waals surface area (Å²) in [6.07, 6.45) is 2.92. The molecule has 0 saturated carbocycles. The molecule has 30 heavy (non-hydrogen) atoms. The van der Waals surface area contributed by atoms with Gasteiger partial charge in [-0.1, -0.05) is 24.3 Å². The molecule has 0 bridgehead atoms. The van der Waals surface area contributed by atoms with Gasteiger partial charge in [0.1, 0.15) is 11.6 Å². The predicted octanol–water partition coefficient (Wildman–Crippen LogP) is 2.64. The SMILES string of the molecule is Cn1cnc(S(=O)(=O)N2C[C@@H](NCc3ccc(F)cc3)[C@H](c3ccc(F)cc3)C2)c1. The minimum absolute atomic E-state index is 0.00189. The maximum Gasteiger partial charge on any atom is 0.262 e. The molecular formula is C21H22F2N4O2S. The highest BCUT2D eigenvalue weighted by Crippen LogP contribution is 2.31. The maximum atomic E-state index is 13.4. The fourth-order valence-corrected chi connectivity index (χ4v) is 5.18. The molecule has 2 heterocycles. The van der Waals surface area contributed by atoms with Crippen LogP contribution in [0.3, 0.4) is 0 Å². The van der Waals surface area contributed by atoms with Crippen molar-refractivity contribution in [3.05, 3.63) is 83.8 Å². The Bertz CT molecular complexity index is 1110. The van der Waals surface area contributed by atoms with Crippen molar-refractivity contribution in [3.63, 3.8) is 0 Å². The smallest absolute Gasteiger partial charge is 0.262 e. The topological polar surface area (TPSA) is 67.2 Å². The number of rotatable bonds is 6. The van der Waals surface area contributed by atoms with E-state index in [2.05, 4.69) is 10.3 Å². The lowest BCUT2D eigenvalue weighted by molar-refractivity contribution is 0.454. The van der Waals surface area contributed by atoms with E-state index in [1.54, 1.807) is 35.9 Å². The maximum absolute atomic E-state index is 13.4.